The molecule has 3 aromatic rings. The zero-order valence-corrected chi connectivity index (χ0v) is 20.2. The molecule has 11 heteroatoms. The predicted molar refractivity (Wildman–Crippen MR) is 131 cm³/mol. The molecule has 0 bridgehead atoms. The Morgan fingerprint density at radius 2 is 1.79 bits per heavy atom. The van der Waals surface area contributed by atoms with E-state index in [1.807, 2.05) is 0 Å². The van der Waals surface area contributed by atoms with E-state index >= 15 is 0 Å². The SMILES string of the molecule is O=C(NCC(=O)N(c1cccc(C(F)(F)F)c1)[C@H](C(=O)NC[C@@H]1CCCO1)c1ccccc1)c1ccco1. The summed E-state index contributed by atoms with van der Waals surface area (Å²) in [6.07, 6.45) is -1.98. The van der Waals surface area contributed by atoms with Crippen LogP contribution in [0.2, 0.25) is 0 Å². The van der Waals surface area contributed by atoms with E-state index in [9.17, 15) is 27.6 Å². The number of hydrogen-bond acceptors (Lipinski definition) is 5. The minimum atomic E-state index is -4.68. The maximum atomic E-state index is 13.6. The second-order valence-electron chi connectivity index (χ2n) is 8.67. The number of rotatable bonds is 9. The van der Waals surface area contributed by atoms with Gasteiger partial charge in [-0.2, -0.15) is 13.2 Å². The van der Waals surface area contributed by atoms with Gasteiger partial charge in [0.05, 0.1) is 24.5 Å². The lowest BCUT2D eigenvalue weighted by atomic mass is 10.0. The molecule has 1 aromatic heterocycles. The molecule has 1 aliphatic rings. The molecule has 1 saturated heterocycles. The van der Waals surface area contributed by atoms with Gasteiger partial charge in [0.1, 0.15) is 6.04 Å². The van der Waals surface area contributed by atoms with Gasteiger partial charge >= 0.3 is 6.18 Å². The molecule has 1 fully saturated rings. The monoisotopic (exact) mass is 529 g/mol. The number of carbonyl (C=O) groups excluding carboxylic acids is 3. The van der Waals surface area contributed by atoms with Crippen molar-refractivity contribution in [1.82, 2.24) is 10.6 Å². The van der Waals surface area contributed by atoms with E-state index in [2.05, 4.69) is 10.6 Å². The van der Waals surface area contributed by atoms with Crippen molar-refractivity contribution >= 4 is 23.4 Å². The molecule has 0 unspecified atom stereocenters. The molecule has 8 nitrogen and oxygen atoms in total. The summed E-state index contributed by atoms with van der Waals surface area (Å²) in [6.45, 7) is 0.160. The molecule has 2 atom stereocenters. The fourth-order valence-corrected chi connectivity index (χ4v) is 4.17. The Labute approximate surface area is 216 Å². The normalized spacial score (nSPS) is 16.0. The van der Waals surface area contributed by atoms with Crippen molar-refractivity contribution in [3.63, 3.8) is 0 Å². The fourth-order valence-electron chi connectivity index (χ4n) is 4.17. The lowest BCUT2D eigenvalue weighted by Crippen LogP contribution is -2.48. The summed E-state index contributed by atoms with van der Waals surface area (Å²) < 4.78 is 51.2. The van der Waals surface area contributed by atoms with Crippen molar-refractivity contribution < 1.29 is 36.7 Å². The predicted octanol–water partition coefficient (Wildman–Crippen LogP) is 4.10. The third-order valence-electron chi connectivity index (χ3n) is 6.02. The second-order valence-corrected chi connectivity index (χ2v) is 8.67. The van der Waals surface area contributed by atoms with Gasteiger partial charge in [0.25, 0.3) is 5.91 Å². The Balaban J connectivity index is 1.69. The van der Waals surface area contributed by atoms with Crippen LogP contribution in [-0.2, 0) is 20.5 Å². The van der Waals surface area contributed by atoms with Gasteiger partial charge in [0.15, 0.2) is 5.76 Å². The van der Waals surface area contributed by atoms with Gasteiger partial charge in [0.2, 0.25) is 11.8 Å². The minimum absolute atomic E-state index is 0.0441. The number of hydrogen-bond donors (Lipinski definition) is 2. The number of amides is 3. The molecule has 3 amide bonds. The molecule has 4 rings (SSSR count). The number of alkyl halides is 3. The molecule has 2 aromatic carbocycles. The number of carbonyl (C=O) groups is 3. The largest absolute Gasteiger partial charge is 0.459 e. The fraction of sp³-hybridized carbons (Fsp3) is 0.296. The Morgan fingerprint density at radius 3 is 2.45 bits per heavy atom. The quantitative estimate of drug-likeness (QED) is 0.435. The number of anilines is 1. The van der Waals surface area contributed by atoms with E-state index < -0.39 is 42.0 Å². The first kappa shape index (κ1) is 26.9. The van der Waals surface area contributed by atoms with Crippen LogP contribution >= 0.6 is 0 Å². The highest BCUT2D eigenvalue weighted by Gasteiger charge is 2.36. The third kappa shape index (κ3) is 6.60. The summed E-state index contributed by atoms with van der Waals surface area (Å²) in [6, 6.07) is 13.9. The van der Waals surface area contributed by atoms with E-state index in [0.29, 0.717) is 12.2 Å². The van der Waals surface area contributed by atoms with E-state index in [4.69, 9.17) is 9.15 Å². The molecular formula is C27H26F3N3O5. The van der Waals surface area contributed by atoms with Crippen LogP contribution in [0.5, 0.6) is 0 Å². The molecule has 0 aliphatic carbocycles. The van der Waals surface area contributed by atoms with Gasteiger partial charge in [-0.25, -0.2) is 0 Å². The standard InChI is InChI=1S/C27H26F3N3O5/c28-27(29,30)19-9-4-10-20(15-19)33(23(34)17-32-25(35)22-12-6-14-38-22)24(18-7-2-1-3-8-18)26(36)31-16-21-11-5-13-37-21/h1-4,6-10,12,14-15,21,24H,5,11,13,16-17H2,(H,31,36)(H,32,35)/t21-,24-/m0/s1. The Morgan fingerprint density at radius 1 is 1.00 bits per heavy atom. The average molecular weight is 530 g/mol. The Hall–Kier alpha value is -4.12. The van der Waals surface area contributed by atoms with Crippen molar-refractivity contribution in [3.8, 4) is 0 Å². The lowest BCUT2D eigenvalue weighted by Gasteiger charge is -2.32. The molecule has 1 aliphatic heterocycles. The van der Waals surface area contributed by atoms with Crippen molar-refractivity contribution in [2.45, 2.75) is 31.2 Å². The van der Waals surface area contributed by atoms with E-state index in [1.54, 1.807) is 30.3 Å². The highest BCUT2D eigenvalue weighted by Crippen LogP contribution is 2.34. The summed E-state index contributed by atoms with van der Waals surface area (Å²) in [7, 11) is 0. The zero-order chi connectivity index (χ0) is 27.1. The van der Waals surface area contributed by atoms with Crippen molar-refractivity contribution in [1.29, 1.82) is 0 Å². The van der Waals surface area contributed by atoms with Crippen molar-refractivity contribution in [2.75, 3.05) is 24.6 Å². The maximum Gasteiger partial charge on any atom is 0.416 e. The maximum absolute atomic E-state index is 13.6. The smallest absolute Gasteiger partial charge is 0.416 e. The molecule has 0 spiro atoms. The van der Waals surface area contributed by atoms with Crippen LogP contribution in [0.1, 0.15) is 40.6 Å². The van der Waals surface area contributed by atoms with Gasteiger partial charge < -0.3 is 19.8 Å². The summed E-state index contributed by atoms with van der Waals surface area (Å²) >= 11 is 0. The van der Waals surface area contributed by atoms with E-state index in [-0.39, 0.29) is 24.1 Å². The third-order valence-corrected chi connectivity index (χ3v) is 6.02. The van der Waals surface area contributed by atoms with Crippen LogP contribution in [0, 0.1) is 0 Å². The van der Waals surface area contributed by atoms with Crippen LogP contribution in [0.3, 0.4) is 0 Å². The minimum Gasteiger partial charge on any atom is -0.459 e. The van der Waals surface area contributed by atoms with Gasteiger partial charge in [-0.15, -0.1) is 0 Å². The zero-order valence-electron chi connectivity index (χ0n) is 20.2. The van der Waals surface area contributed by atoms with E-state index in [0.717, 1.165) is 35.9 Å². The highest BCUT2D eigenvalue weighted by molar-refractivity contribution is 6.04. The number of furan rings is 1. The first-order chi connectivity index (χ1) is 18.2. The number of benzene rings is 2. The highest BCUT2D eigenvalue weighted by atomic mass is 19.4. The van der Waals surface area contributed by atoms with Gasteiger partial charge in [-0.05, 0) is 48.7 Å². The Kier molecular flexibility index (Phi) is 8.47. The first-order valence-corrected chi connectivity index (χ1v) is 12.0. The van der Waals surface area contributed by atoms with Gasteiger partial charge in [-0.1, -0.05) is 36.4 Å². The van der Waals surface area contributed by atoms with Crippen molar-refractivity contribution in [2.24, 2.45) is 0 Å². The number of ether oxygens (including phenoxy) is 1. The van der Waals surface area contributed by atoms with Crippen LogP contribution in [0.15, 0.2) is 77.4 Å². The van der Waals surface area contributed by atoms with Crippen molar-refractivity contribution in [3.05, 3.63) is 89.9 Å². The average Bonchev–Trinajstić information content (AvgIpc) is 3.64. The number of nitrogens with zero attached hydrogens (tertiary/aromatic N) is 1. The Bertz CT molecular complexity index is 1240. The second kappa shape index (κ2) is 12.0. The van der Waals surface area contributed by atoms with Crippen LogP contribution in [-0.4, -0.2) is 43.5 Å². The number of nitrogens with one attached hydrogen (secondary N) is 2. The topological polar surface area (TPSA) is 101 Å². The summed E-state index contributed by atoms with van der Waals surface area (Å²) in [5, 5.41) is 5.18. The molecule has 0 saturated carbocycles. The summed E-state index contributed by atoms with van der Waals surface area (Å²) in [4.78, 5) is 40.4. The van der Waals surface area contributed by atoms with Gasteiger partial charge in [0, 0.05) is 18.8 Å². The molecule has 2 heterocycles. The summed E-state index contributed by atoms with van der Waals surface area (Å²) in [5.41, 5.74) is -0.766. The molecule has 2 N–H and O–H groups in total. The van der Waals surface area contributed by atoms with Crippen LogP contribution in [0.4, 0.5) is 18.9 Å². The lowest BCUT2D eigenvalue weighted by molar-refractivity contribution is -0.137. The van der Waals surface area contributed by atoms with Gasteiger partial charge in [-0.3, -0.25) is 19.3 Å². The molecule has 200 valence electrons. The number of halogens is 3. The van der Waals surface area contributed by atoms with E-state index in [1.165, 1.54) is 24.5 Å². The summed E-state index contributed by atoms with van der Waals surface area (Å²) in [5.74, 6) is -2.14. The first-order valence-electron chi connectivity index (χ1n) is 12.0. The molecular weight excluding hydrogens is 503 g/mol. The molecule has 0 radical (unpaired) electrons. The van der Waals surface area contributed by atoms with Crippen LogP contribution in [0.25, 0.3) is 0 Å². The van der Waals surface area contributed by atoms with Crippen LogP contribution < -0.4 is 15.5 Å². The molecule has 38 heavy (non-hydrogen) atoms.